The van der Waals surface area contributed by atoms with Crippen LogP contribution in [0.4, 0.5) is 5.69 Å². The molecule has 2 aliphatic rings. The van der Waals surface area contributed by atoms with Gasteiger partial charge >= 0.3 is 5.97 Å². The van der Waals surface area contributed by atoms with Crippen molar-refractivity contribution in [2.75, 3.05) is 31.4 Å². The molecule has 2 fully saturated rings. The van der Waals surface area contributed by atoms with Crippen molar-refractivity contribution >= 4 is 58.2 Å². The highest BCUT2D eigenvalue weighted by Crippen LogP contribution is 2.41. The minimum absolute atomic E-state index is 0.0497. The molecule has 1 saturated carbocycles. The maximum absolute atomic E-state index is 13.8. The number of halogens is 2. The Morgan fingerprint density at radius 1 is 1.11 bits per heavy atom. The molecule has 9 nitrogen and oxygen atoms in total. The monoisotopic (exact) mass is 790 g/mol. The number of hydrogen-bond acceptors (Lipinski definition) is 10. The molecule has 0 spiro atoms. The van der Waals surface area contributed by atoms with E-state index < -0.39 is 10.9 Å². The first kappa shape index (κ1) is 42.9. The van der Waals surface area contributed by atoms with Gasteiger partial charge in [0, 0.05) is 73.9 Å². The number of ether oxygens (including phenoxy) is 4. The minimum Gasteiger partial charge on any atom is -0.493 e. The number of carbonyl (C=O) groups excluding carboxylic acids is 3. The second-order valence-corrected chi connectivity index (χ2v) is 16.6. The highest BCUT2D eigenvalue weighted by atomic mass is 35.5. The van der Waals surface area contributed by atoms with Crippen LogP contribution in [0.15, 0.2) is 42.2 Å². The van der Waals surface area contributed by atoms with Crippen molar-refractivity contribution in [2.24, 2.45) is 11.8 Å². The topological polar surface area (TPSA) is 104 Å². The Kier molecular flexibility index (Phi) is 16.4. The molecule has 2 heterocycles. The number of anilines is 1. The summed E-state index contributed by atoms with van der Waals surface area (Å²) in [5.41, 5.74) is 1.86. The molecule has 53 heavy (non-hydrogen) atoms. The SMILES string of the molecule is CCC1OC(=O)C(SCCN(Cc2c(Cl)cncc2Cl)c2ccc(OC)c(OC3CCCC3)c2)[C@@H]1[C@@H](C)C(=O)CC[C@](C)(CC/C=C(/C)C(C)=O)OC. The summed E-state index contributed by atoms with van der Waals surface area (Å²) in [7, 11) is 3.30. The van der Waals surface area contributed by atoms with E-state index in [2.05, 4.69) is 9.88 Å². The average Bonchev–Trinajstić information content (AvgIpc) is 3.77. The third kappa shape index (κ3) is 11.6. The van der Waals surface area contributed by atoms with Gasteiger partial charge in [0.25, 0.3) is 0 Å². The number of methoxy groups -OCH3 is 2. The van der Waals surface area contributed by atoms with Crippen molar-refractivity contribution in [1.29, 1.82) is 0 Å². The number of hydrogen-bond donors (Lipinski definition) is 0. The Bertz CT molecular complexity index is 1580. The number of carbonyl (C=O) groups is 3. The molecule has 1 aliphatic carbocycles. The number of allylic oxidation sites excluding steroid dienone is 2. The van der Waals surface area contributed by atoms with E-state index in [1.807, 2.05) is 52.0 Å². The summed E-state index contributed by atoms with van der Waals surface area (Å²) in [6.45, 7) is 10.2. The molecule has 12 heteroatoms. The Morgan fingerprint density at radius 2 is 1.81 bits per heavy atom. The summed E-state index contributed by atoms with van der Waals surface area (Å²) >= 11 is 14.7. The Morgan fingerprint density at radius 3 is 2.43 bits per heavy atom. The molecule has 1 aliphatic heterocycles. The number of benzene rings is 1. The maximum Gasteiger partial charge on any atom is 0.319 e. The van der Waals surface area contributed by atoms with E-state index in [1.54, 1.807) is 33.5 Å². The lowest BCUT2D eigenvalue weighted by atomic mass is 9.81. The fourth-order valence-electron chi connectivity index (χ4n) is 7.17. The van der Waals surface area contributed by atoms with Crippen molar-refractivity contribution < 1.29 is 33.3 Å². The number of aromatic nitrogens is 1. The van der Waals surface area contributed by atoms with Crippen molar-refractivity contribution in [1.82, 2.24) is 4.98 Å². The van der Waals surface area contributed by atoms with Crippen molar-refractivity contribution in [3.63, 3.8) is 0 Å². The molecule has 292 valence electrons. The van der Waals surface area contributed by atoms with Gasteiger partial charge in [-0.15, -0.1) is 11.8 Å². The third-order valence-corrected chi connectivity index (χ3v) is 12.8. The number of esters is 1. The number of rotatable bonds is 21. The Labute approximate surface area is 329 Å². The third-order valence-electron chi connectivity index (χ3n) is 10.9. The first-order valence-electron chi connectivity index (χ1n) is 18.8. The molecule has 1 aromatic carbocycles. The standard InChI is InChI=1S/C41H56Cl2N2O7S/c1-8-35-38(27(3)34(47)17-19-41(5,50-7)18-11-12-26(2)28(4)46)39(40(48)52-35)53-21-20-45(25-31-32(42)23-44-24-33(31)43)29-15-16-36(49-6)37(22-29)51-30-13-9-10-14-30/h12,15-16,22-24,27,30,35,38-39H,8-11,13-14,17-21,25H2,1-7H3/b26-12-/t27-,35?,38+,39?,41-/m0/s1. The summed E-state index contributed by atoms with van der Waals surface area (Å²) in [6, 6.07) is 5.90. The molecule has 0 N–H and O–H groups in total. The van der Waals surface area contributed by atoms with E-state index in [4.69, 9.17) is 42.1 Å². The Balaban J connectivity index is 1.49. The van der Waals surface area contributed by atoms with Crippen molar-refractivity contribution in [2.45, 2.75) is 122 Å². The molecule has 0 radical (unpaired) electrons. The van der Waals surface area contributed by atoms with Crippen molar-refractivity contribution in [3.8, 4) is 11.5 Å². The molecule has 1 saturated heterocycles. The van der Waals surface area contributed by atoms with Crippen LogP contribution in [0, 0.1) is 11.8 Å². The van der Waals surface area contributed by atoms with E-state index in [9.17, 15) is 14.4 Å². The van der Waals surface area contributed by atoms with E-state index >= 15 is 0 Å². The second kappa shape index (κ2) is 20.2. The van der Waals surface area contributed by atoms with Gasteiger partial charge in [-0.3, -0.25) is 19.4 Å². The molecule has 5 atom stereocenters. The van der Waals surface area contributed by atoms with Crippen LogP contribution in [0.5, 0.6) is 11.5 Å². The van der Waals surface area contributed by atoms with E-state index in [0.717, 1.165) is 42.5 Å². The van der Waals surface area contributed by atoms with Gasteiger partial charge in [-0.2, -0.15) is 0 Å². The number of pyridine rings is 1. The van der Waals surface area contributed by atoms with Gasteiger partial charge in [0.1, 0.15) is 17.1 Å². The number of nitrogens with zero attached hydrogens (tertiary/aromatic N) is 2. The van der Waals surface area contributed by atoms with Crippen LogP contribution in [0.1, 0.15) is 98.0 Å². The second-order valence-electron chi connectivity index (χ2n) is 14.5. The number of cyclic esters (lactones) is 1. The molecule has 0 amide bonds. The number of Topliss-reactive ketones (excluding diaryl/α,β-unsaturated/α-hetero) is 2. The van der Waals surface area contributed by atoms with Crippen molar-refractivity contribution in [3.05, 3.63) is 57.9 Å². The minimum atomic E-state index is -0.517. The molecule has 4 rings (SSSR count). The first-order valence-corrected chi connectivity index (χ1v) is 20.6. The van der Waals surface area contributed by atoms with E-state index in [1.165, 1.54) is 11.8 Å². The van der Waals surface area contributed by atoms with Gasteiger partial charge in [0.2, 0.25) is 0 Å². The number of ketones is 2. The van der Waals surface area contributed by atoms with Crippen LogP contribution in [0.3, 0.4) is 0 Å². The summed E-state index contributed by atoms with van der Waals surface area (Å²) in [5.74, 6) is 1.16. The molecule has 0 bridgehead atoms. The number of thioether (sulfide) groups is 1. The van der Waals surface area contributed by atoms with Gasteiger partial charge < -0.3 is 23.8 Å². The molecule has 2 unspecified atom stereocenters. The predicted octanol–water partition coefficient (Wildman–Crippen LogP) is 9.48. The molecule has 1 aromatic heterocycles. The molecule has 2 aromatic rings. The quantitative estimate of drug-likeness (QED) is 0.0897. The Hall–Kier alpha value is -2.79. The fourth-order valence-corrected chi connectivity index (χ4v) is 9.06. The van der Waals surface area contributed by atoms with Gasteiger partial charge in [-0.1, -0.05) is 43.1 Å². The lowest BCUT2D eigenvalue weighted by Crippen LogP contribution is -2.36. The van der Waals surface area contributed by atoms with Gasteiger partial charge in [-0.25, -0.2) is 0 Å². The first-order chi connectivity index (χ1) is 25.3. The largest absolute Gasteiger partial charge is 0.493 e. The van der Waals surface area contributed by atoms with Crippen LogP contribution in [-0.2, 0) is 30.4 Å². The van der Waals surface area contributed by atoms with Crippen LogP contribution in [-0.4, -0.2) is 72.1 Å². The summed E-state index contributed by atoms with van der Waals surface area (Å²) in [4.78, 5) is 45.1. The molecular weight excluding hydrogens is 735 g/mol. The highest BCUT2D eigenvalue weighted by molar-refractivity contribution is 8.00. The zero-order chi connectivity index (χ0) is 38.7. The summed E-state index contributed by atoms with van der Waals surface area (Å²) < 4.78 is 23.8. The maximum atomic E-state index is 13.8. The predicted molar refractivity (Wildman–Crippen MR) is 214 cm³/mol. The smallest absolute Gasteiger partial charge is 0.319 e. The van der Waals surface area contributed by atoms with Crippen LogP contribution in [0.2, 0.25) is 10.0 Å². The normalized spacial score (nSPS) is 20.9. The van der Waals surface area contributed by atoms with Gasteiger partial charge in [0.05, 0.1) is 28.9 Å². The van der Waals surface area contributed by atoms with Gasteiger partial charge in [0.15, 0.2) is 17.3 Å². The van der Waals surface area contributed by atoms with Crippen LogP contribution < -0.4 is 14.4 Å². The van der Waals surface area contributed by atoms with Crippen LogP contribution in [0.25, 0.3) is 0 Å². The summed E-state index contributed by atoms with van der Waals surface area (Å²) in [6.07, 6.45) is 12.1. The lowest BCUT2D eigenvalue weighted by molar-refractivity contribution is -0.141. The zero-order valence-corrected chi connectivity index (χ0v) is 34.6. The van der Waals surface area contributed by atoms with Gasteiger partial charge in [-0.05, 0) is 89.8 Å². The fraction of sp³-hybridized carbons (Fsp3) is 0.610. The highest BCUT2D eigenvalue weighted by Gasteiger charge is 2.48. The summed E-state index contributed by atoms with van der Waals surface area (Å²) in [5, 5.41) is 0.450. The zero-order valence-electron chi connectivity index (χ0n) is 32.3. The lowest BCUT2D eigenvalue weighted by Gasteiger charge is -2.30. The average molecular weight is 792 g/mol. The van der Waals surface area contributed by atoms with Crippen LogP contribution >= 0.6 is 35.0 Å². The van der Waals surface area contributed by atoms with E-state index in [0.29, 0.717) is 72.5 Å². The van der Waals surface area contributed by atoms with E-state index in [-0.39, 0.29) is 41.6 Å². The molecular formula is C41H56Cl2N2O7S.